The molecule has 0 radical (unpaired) electrons. The number of ether oxygens (including phenoxy) is 2. The summed E-state index contributed by atoms with van der Waals surface area (Å²) in [5.41, 5.74) is 1.35. The standard InChI is InChI=1S/C21H31N3O2.HI/c1-3-22-20(24-18-6-4-5-7-18)23-16-21(12-14-26-15-13-21)17-8-10-19(25-2)11-9-17;/h4-5,8-11,18H,3,6-7,12-16H2,1-2H3,(H2,22,23,24);1H. The number of nitrogens with zero attached hydrogens (tertiary/aromatic N) is 1. The molecule has 0 amide bonds. The molecule has 0 aromatic heterocycles. The van der Waals surface area contributed by atoms with E-state index in [1.165, 1.54) is 5.56 Å². The summed E-state index contributed by atoms with van der Waals surface area (Å²) in [6.07, 6.45) is 8.60. The van der Waals surface area contributed by atoms with Gasteiger partial charge >= 0.3 is 0 Å². The lowest BCUT2D eigenvalue weighted by molar-refractivity contribution is 0.0531. The Morgan fingerprint density at radius 2 is 1.85 bits per heavy atom. The first-order valence-electron chi connectivity index (χ1n) is 9.68. The van der Waals surface area contributed by atoms with Crippen LogP contribution in [-0.4, -0.2) is 45.4 Å². The zero-order chi connectivity index (χ0) is 18.2. The van der Waals surface area contributed by atoms with Crippen LogP contribution in [0, 0.1) is 0 Å². The van der Waals surface area contributed by atoms with E-state index in [4.69, 9.17) is 14.5 Å². The lowest BCUT2D eigenvalue weighted by atomic mass is 9.74. The molecule has 0 unspecified atom stereocenters. The van der Waals surface area contributed by atoms with Crippen molar-refractivity contribution in [3.63, 3.8) is 0 Å². The van der Waals surface area contributed by atoms with Crippen molar-refractivity contribution >= 4 is 29.9 Å². The Bertz CT molecular complexity index is 617. The molecule has 1 aromatic carbocycles. The molecule has 0 bridgehead atoms. The molecule has 1 saturated heterocycles. The monoisotopic (exact) mass is 485 g/mol. The predicted molar refractivity (Wildman–Crippen MR) is 121 cm³/mol. The van der Waals surface area contributed by atoms with E-state index in [1.54, 1.807) is 7.11 Å². The fourth-order valence-corrected chi connectivity index (χ4v) is 3.72. The maximum Gasteiger partial charge on any atom is 0.191 e. The molecular weight excluding hydrogens is 453 g/mol. The van der Waals surface area contributed by atoms with Gasteiger partial charge in [0, 0.05) is 31.2 Å². The lowest BCUT2D eigenvalue weighted by Crippen LogP contribution is -2.44. The highest BCUT2D eigenvalue weighted by molar-refractivity contribution is 14.0. The number of guanidine groups is 1. The molecule has 1 aliphatic heterocycles. The van der Waals surface area contributed by atoms with Crippen LogP contribution >= 0.6 is 24.0 Å². The number of methoxy groups -OCH3 is 1. The molecule has 0 spiro atoms. The molecule has 6 heteroatoms. The van der Waals surface area contributed by atoms with Gasteiger partial charge in [-0.2, -0.15) is 0 Å². The summed E-state index contributed by atoms with van der Waals surface area (Å²) >= 11 is 0. The van der Waals surface area contributed by atoms with Crippen molar-refractivity contribution < 1.29 is 9.47 Å². The molecule has 1 fully saturated rings. The van der Waals surface area contributed by atoms with Gasteiger partial charge in [-0.05, 0) is 50.3 Å². The summed E-state index contributed by atoms with van der Waals surface area (Å²) in [5.74, 6) is 1.81. The van der Waals surface area contributed by atoms with Crippen LogP contribution in [0.5, 0.6) is 5.75 Å². The van der Waals surface area contributed by atoms with E-state index in [1.807, 2.05) is 12.1 Å². The van der Waals surface area contributed by atoms with E-state index in [0.29, 0.717) is 6.04 Å². The molecule has 1 aromatic rings. The van der Waals surface area contributed by atoms with E-state index in [-0.39, 0.29) is 29.4 Å². The van der Waals surface area contributed by atoms with Crippen molar-refractivity contribution in [3.05, 3.63) is 42.0 Å². The van der Waals surface area contributed by atoms with Crippen LogP contribution in [-0.2, 0) is 10.2 Å². The minimum absolute atomic E-state index is 0. The van der Waals surface area contributed by atoms with Gasteiger partial charge in [-0.1, -0.05) is 24.3 Å². The fraction of sp³-hybridized carbons (Fsp3) is 0.571. The van der Waals surface area contributed by atoms with Gasteiger partial charge < -0.3 is 20.1 Å². The van der Waals surface area contributed by atoms with Crippen LogP contribution in [0.2, 0.25) is 0 Å². The van der Waals surface area contributed by atoms with E-state index >= 15 is 0 Å². The van der Waals surface area contributed by atoms with Gasteiger partial charge in [-0.3, -0.25) is 4.99 Å². The highest BCUT2D eigenvalue weighted by Crippen LogP contribution is 2.36. The molecule has 150 valence electrons. The van der Waals surface area contributed by atoms with Crippen molar-refractivity contribution in [1.82, 2.24) is 10.6 Å². The average Bonchev–Trinajstić information content (AvgIpc) is 3.20. The first-order chi connectivity index (χ1) is 12.8. The summed E-state index contributed by atoms with van der Waals surface area (Å²) in [5, 5.41) is 6.96. The van der Waals surface area contributed by atoms with Gasteiger partial charge in [0.1, 0.15) is 5.75 Å². The SMILES string of the molecule is CCNC(=NCC1(c2ccc(OC)cc2)CCOCC1)NC1CC=CC1.I. The van der Waals surface area contributed by atoms with Crippen LogP contribution in [0.1, 0.15) is 38.2 Å². The quantitative estimate of drug-likeness (QED) is 0.280. The molecule has 2 N–H and O–H groups in total. The Hall–Kier alpha value is -1.28. The van der Waals surface area contributed by atoms with E-state index in [9.17, 15) is 0 Å². The van der Waals surface area contributed by atoms with Crippen molar-refractivity contribution in [2.24, 2.45) is 4.99 Å². The Morgan fingerprint density at radius 3 is 2.44 bits per heavy atom. The zero-order valence-corrected chi connectivity index (χ0v) is 18.7. The average molecular weight is 485 g/mol. The largest absolute Gasteiger partial charge is 0.497 e. The molecule has 3 rings (SSSR count). The lowest BCUT2D eigenvalue weighted by Gasteiger charge is -2.37. The molecule has 0 atom stereocenters. The Labute approximate surface area is 180 Å². The zero-order valence-electron chi connectivity index (χ0n) is 16.4. The summed E-state index contributed by atoms with van der Waals surface area (Å²) < 4.78 is 11.0. The smallest absolute Gasteiger partial charge is 0.191 e. The van der Waals surface area contributed by atoms with Crippen LogP contribution in [0.15, 0.2) is 41.4 Å². The minimum Gasteiger partial charge on any atom is -0.497 e. The van der Waals surface area contributed by atoms with Crippen molar-refractivity contribution in [1.29, 1.82) is 0 Å². The summed E-state index contributed by atoms with van der Waals surface area (Å²) in [4.78, 5) is 4.97. The van der Waals surface area contributed by atoms with E-state index < -0.39 is 0 Å². The highest BCUT2D eigenvalue weighted by Gasteiger charge is 2.34. The molecule has 5 nitrogen and oxygen atoms in total. The van der Waals surface area contributed by atoms with Crippen LogP contribution in [0.3, 0.4) is 0 Å². The van der Waals surface area contributed by atoms with Crippen LogP contribution < -0.4 is 15.4 Å². The van der Waals surface area contributed by atoms with Crippen molar-refractivity contribution in [2.75, 3.05) is 33.4 Å². The Kier molecular flexibility index (Phi) is 8.89. The third kappa shape index (κ3) is 5.85. The fourth-order valence-electron chi connectivity index (χ4n) is 3.72. The number of rotatable bonds is 6. The van der Waals surface area contributed by atoms with E-state index in [2.05, 4.69) is 41.8 Å². The number of hydrogen-bond acceptors (Lipinski definition) is 3. The van der Waals surface area contributed by atoms with Crippen molar-refractivity contribution in [2.45, 2.75) is 44.1 Å². The Morgan fingerprint density at radius 1 is 1.19 bits per heavy atom. The summed E-state index contributed by atoms with van der Waals surface area (Å²) in [6.45, 7) is 5.32. The molecular formula is C21H32IN3O2. The van der Waals surface area contributed by atoms with Gasteiger partial charge in [0.15, 0.2) is 5.96 Å². The number of nitrogens with one attached hydrogen (secondary N) is 2. The van der Waals surface area contributed by atoms with Gasteiger partial charge in [0.2, 0.25) is 0 Å². The van der Waals surface area contributed by atoms with Gasteiger partial charge in [0.25, 0.3) is 0 Å². The minimum atomic E-state index is 0. The maximum atomic E-state index is 5.64. The number of benzene rings is 1. The van der Waals surface area contributed by atoms with Crippen LogP contribution in [0.25, 0.3) is 0 Å². The second-order valence-corrected chi connectivity index (χ2v) is 7.10. The van der Waals surface area contributed by atoms with E-state index in [0.717, 1.165) is 63.7 Å². The second kappa shape index (κ2) is 10.9. The first-order valence-corrected chi connectivity index (χ1v) is 9.68. The summed E-state index contributed by atoms with van der Waals surface area (Å²) in [6, 6.07) is 8.91. The molecule has 0 saturated carbocycles. The third-order valence-corrected chi connectivity index (χ3v) is 5.39. The van der Waals surface area contributed by atoms with Gasteiger partial charge in [-0.25, -0.2) is 0 Å². The summed E-state index contributed by atoms with van der Waals surface area (Å²) in [7, 11) is 1.70. The topological polar surface area (TPSA) is 54.9 Å². The number of hydrogen-bond donors (Lipinski definition) is 2. The molecule has 1 aliphatic carbocycles. The molecule has 27 heavy (non-hydrogen) atoms. The second-order valence-electron chi connectivity index (χ2n) is 7.10. The molecule has 2 aliphatic rings. The van der Waals surface area contributed by atoms with Crippen molar-refractivity contribution in [3.8, 4) is 5.75 Å². The number of halogens is 1. The van der Waals surface area contributed by atoms with Crippen LogP contribution in [0.4, 0.5) is 0 Å². The predicted octanol–water partition coefficient (Wildman–Crippen LogP) is 3.64. The Balaban J connectivity index is 0.00000261. The van der Waals surface area contributed by atoms with Gasteiger partial charge in [0.05, 0.1) is 13.7 Å². The third-order valence-electron chi connectivity index (χ3n) is 5.39. The highest BCUT2D eigenvalue weighted by atomic mass is 127. The van der Waals surface area contributed by atoms with Gasteiger partial charge in [-0.15, -0.1) is 24.0 Å². The first kappa shape index (κ1) is 22.0. The maximum absolute atomic E-state index is 5.64. The molecule has 1 heterocycles. The normalized spacial score (nSPS) is 19.4. The number of aliphatic imine (C=N–C) groups is 1.